The second-order valence-electron chi connectivity index (χ2n) is 3.42. The number of hydrogen-bond acceptors (Lipinski definition) is 3. The average Bonchev–Trinajstić information content (AvgIpc) is 2.58. The van der Waals surface area contributed by atoms with Gasteiger partial charge in [0.2, 0.25) is 0 Å². The highest BCUT2D eigenvalue weighted by atomic mass is 79.9. The third-order valence-corrected chi connectivity index (χ3v) is 3.07. The third kappa shape index (κ3) is 1.19. The quantitative estimate of drug-likeness (QED) is 0.665. The van der Waals surface area contributed by atoms with Crippen molar-refractivity contribution in [1.29, 1.82) is 0 Å². The van der Waals surface area contributed by atoms with Gasteiger partial charge in [-0.25, -0.2) is 14.4 Å². The smallest absolute Gasteiger partial charge is 0.143 e. The van der Waals surface area contributed by atoms with Crippen molar-refractivity contribution in [1.82, 2.24) is 15.0 Å². The largest absolute Gasteiger partial charge is 0.383 e. The number of aromatic amines is 1. The molecule has 0 aliphatic heterocycles. The minimum atomic E-state index is -0.328. The van der Waals surface area contributed by atoms with E-state index in [9.17, 15) is 4.39 Å². The topological polar surface area (TPSA) is 67.6 Å². The number of nitrogens with zero attached hydrogens (tertiary/aromatic N) is 2. The van der Waals surface area contributed by atoms with Gasteiger partial charge in [0.15, 0.2) is 0 Å². The van der Waals surface area contributed by atoms with Crippen LogP contribution in [-0.4, -0.2) is 15.0 Å². The van der Waals surface area contributed by atoms with E-state index in [0.29, 0.717) is 21.5 Å². The van der Waals surface area contributed by atoms with Crippen LogP contribution < -0.4 is 5.73 Å². The van der Waals surface area contributed by atoms with Crippen molar-refractivity contribution in [2.75, 3.05) is 5.73 Å². The molecule has 0 amide bonds. The number of halogens is 2. The van der Waals surface area contributed by atoms with Gasteiger partial charge in [-0.05, 0) is 28.1 Å². The third-order valence-electron chi connectivity index (χ3n) is 2.46. The van der Waals surface area contributed by atoms with E-state index in [4.69, 9.17) is 5.73 Å². The Kier molecular flexibility index (Phi) is 1.88. The molecule has 16 heavy (non-hydrogen) atoms. The van der Waals surface area contributed by atoms with Crippen molar-refractivity contribution in [3.05, 3.63) is 28.7 Å². The molecule has 0 atom stereocenters. The summed E-state index contributed by atoms with van der Waals surface area (Å²) in [6.45, 7) is 0. The monoisotopic (exact) mass is 280 g/mol. The maximum Gasteiger partial charge on any atom is 0.143 e. The van der Waals surface area contributed by atoms with Crippen LogP contribution in [0.2, 0.25) is 0 Å². The lowest BCUT2D eigenvalue weighted by Crippen LogP contribution is -1.91. The van der Waals surface area contributed by atoms with E-state index in [2.05, 4.69) is 30.9 Å². The molecule has 0 unspecified atom stereocenters. The van der Waals surface area contributed by atoms with E-state index >= 15 is 0 Å². The van der Waals surface area contributed by atoms with Gasteiger partial charge in [0.25, 0.3) is 0 Å². The van der Waals surface area contributed by atoms with E-state index in [1.165, 1.54) is 12.4 Å². The van der Waals surface area contributed by atoms with Gasteiger partial charge in [0.05, 0.1) is 15.4 Å². The number of rotatable bonds is 0. The lowest BCUT2D eigenvalue weighted by atomic mass is 10.2. The van der Waals surface area contributed by atoms with E-state index in [0.717, 1.165) is 10.8 Å². The Morgan fingerprint density at radius 3 is 2.94 bits per heavy atom. The van der Waals surface area contributed by atoms with Gasteiger partial charge < -0.3 is 10.7 Å². The summed E-state index contributed by atoms with van der Waals surface area (Å²) in [4.78, 5) is 11.0. The van der Waals surface area contributed by atoms with Crippen LogP contribution in [0.1, 0.15) is 0 Å². The maximum absolute atomic E-state index is 13.3. The van der Waals surface area contributed by atoms with E-state index in [1.807, 2.05) is 0 Å². The van der Waals surface area contributed by atoms with Crippen LogP contribution >= 0.6 is 15.9 Å². The lowest BCUT2D eigenvalue weighted by molar-refractivity contribution is 0.623. The fourth-order valence-corrected chi connectivity index (χ4v) is 2.09. The molecule has 4 nitrogen and oxygen atoms in total. The molecule has 0 saturated heterocycles. The summed E-state index contributed by atoms with van der Waals surface area (Å²) >= 11 is 3.14. The van der Waals surface area contributed by atoms with Crippen molar-refractivity contribution in [3.63, 3.8) is 0 Å². The molecule has 0 saturated carbocycles. The zero-order chi connectivity index (χ0) is 11.3. The Balaban J connectivity index is 2.58. The number of H-pyrrole nitrogens is 1. The fraction of sp³-hybridized carbons (Fsp3) is 0. The molecule has 1 aromatic carbocycles. The molecule has 0 radical (unpaired) electrons. The lowest BCUT2D eigenvalue weighted by Gasteiger charge is -1.96. The summed E-state index contributed by atoms with van der Waals surface area (Å²) in [7, 11) is 0. The molecule has 0 spiro atoms. The molecule has 3 aromatic rings. The van der Waals surface area contributed by atoms with Crippen LogP contribution in [0.3, 0.4) is 0 Å². The molecule has 0 fully saturated rings. The van der Waals surface area contributed by atoms with Crippen molar-refractivity contribution >= 4 is 43.7 Å². The Hall–Kier alpha value is -1.69. The normalized spacial score (nSPS) is 11.4. The van der Waals surface area contributed by atoms with Crippen molar-refractivity contribution in [2.24, 2.45) is 0 Å². The summed E-state index contributed by atoms with van der Waals surface area (Å²) in [5.41, 5.74) is 7.04. The summed E-state index contributed by atoms with van der Waals surface area (Å²) in [5, 5.41) is 1.53. The van der Waals surface area contributed by atoms with Crippen LogP contribution in [-0.2, 0) is 0 Å². The van der Waals surface area contributed by atoms with Gasteiger partial charge >= 0.3 is 0 Å². The first kappa shape index (κ1) is 9.53. The molecule has 3 rings (SSSR count). The Morgan fingerprint density at radius 2 is 2.12 bits per heavy atom. The van der Waals surface area contributed by atoms with Gasteiger partial charge in [0.1, 0.15) is 23.6 Å². The molecule has 2 aromatic heterocycles. The fourth-order valence-electron chi connectivity index (χ4n) is 1.74. The summed E-state index contributed by atoms with van der Waals surface area (Å²) in [5.74, 6) is 0.0559. The highest BCUT2D eigenvalue weighted by molar-refractivity contribution is 9.10. The minimum absolute atomic E-state index is 0.328. The zero-order valence-electron chi connectivity index (χ0n) is 7.96. The molecule has 6 heteroatoms. The number of anilines is 1. The Labute approximate surface area is 97.8 Å². The van der Waals surface area contributed by atoms with Gasteiger partial charge in [-0.15, -0.1) is 0 Å². The number of nitrogen functional groups attached to an aromatic ring is 1. The van der Waals surface area contributed by atoms with Crippen LogP contribution in [0.25, 0.3) is 21.9 Å². The highest BCUT2D eigenvalue weighted by Crippen LogP contribution is 2.30. The van der Waals surface area contributed by atoms with Crippen molar-refractivity contribution < 1.29 is 4.39 Å². The van der Waals surface area contributed by atoms with E-state index in [1.54, 1.807) is 6.07 Å². The summed E-state index contributed by atoms with van der Waals surface area (Å²) < 4.78 is 13.7. The SMILES string of the molecule is Nc1ncnc2[nH]c3cc(F)c(Br)cc3c12. The first-order valence-electron chi connectivity index (χ1n) is 4.53. The second kappa shape index (κ2) is 3.15. The number of nitrogens with one attached hydrogen (secondary N) is 1. The summed E-state index contributed by atoms with van der Waals surface area (Å²) in [6, 6.07) is 3.07. The van der Waals surface area contributed by atoms with E-state index < -0.39 is 0 Å². The molecule has 0 aliphatic rings. The van der Waals surface area contributed by atoms with Crippen molar-refractivity contribution in [3.8, 4) is 0 Å². The number of nitrogens with two attached hydrogens (primary N) is 1. The predicted octanol–water partition coefficient (Wildman–Crippen LogP) is 2.59. The number of fused-ring (bicyclic) bond motifs is 3. The molecule has 80 valence electrons. The van der Waals surface area contributed by atoms with Gasteiger partial charge in [-0.1, -0.05) is 0 Å². The number of hydrogen-bond donors (Lipinski definition) is 2. The Bertz CT molecular complexity index is 707. The zero-order valence-corrected chi connectivity index (χ0v) is 9.55. The second-order valence-corrected chi connectivity index (χ2v) is 4.27. The first-order valence-corrected chi connectivity index (χ1v) is 5.33. The van der Waals surface area contributed by atoms with Gasteiger partial charge in [-0.2, -0.15) is 0 Å². The van der Waals surface area contributed by atoms with E-state index in [-0.39, 0.29) is 5.82 Å². The van der Waals surface area contributed by atoms with Crippen LogP contribution in [0.5, 0.6) is 0 Å². The molecule has 0 bridgehead atoms. The molecular weight excluding hydrogens is 275 g/mol. The van der Waals surface area contributed by atoms with Crippen LogP contribution in [0.4, 0.5) is 10.2 Å². The van der Waals surface area contributed by atoms with Gasteiger partial charge in [0, 0.05) is 5.39 Å². The van der Waals surface area contributed by atoms with Gasteiger partial charge in [-0.3, -0.25) is 0 Å². The number of benzene rings is 1. The average molecular weight is 281 g/mol. The van der Waals surface area contributed by atoms with Crippen LogP contribution in [0, 0.1) is 5.82 Å². The highest BCUT2D eigenvalue weighted by Gasteiger charge is 2.11. The predicted molar refractivity (Wildman–Crippen MR) is 63.5 cm³/mol. The minimum Gasteiger partial charge on any atom is -0.383 e. The molecular formula is C10H6BrFN4. The van der Waals surface area contributed by atoms with Crippen LogP contribution in [0.15, 0.2) is 22.9 Å². The molecule has 0 aliphatic carbocycles. The van der Waals surface area contributed by atoms with Crippen molar-refractivity contribution in [2.45, 2.75) is 0 Å². The first-order chi connectivity index (χ1) is 7.66. The number of aromatic nitrogens is 3. The molecule has 3 N–H and O–H groups in total. The maximum atomic E-state index is 13.3. The summed E-state index contributed by atoms with van der Waals surface area (Å²) in [6.07, 6.45) is 1.37. The molecule has 2 heterocycles. The Morgan fingerprint density at radius 1 is 1.31 bits per heavy atom. The standard InChI is InChI=1S/C10H6BrFN4/c11-5-1-4-7(2-6(5)12)16-10-8(4)9(13)14-3-15-10/h1-3H,(H3,13,14,15,16).